The summed E-state index contributed by atoms with van der Waals surface area (Å²) in [5.41, 5.74) is 0.931. The number of likely N-dealkylation sites (tertiary alicyclic amines) is 1. The van der Waals surface area contributed by atoms with Crippen molar-refractivity contribution in [1.29, 1.82) is 0 Å². The van der Waals surface area contributed by atoms with E-state index in [4.69, 9.17) is 4.74 Å². The minimum absolute atomic E-state index is 0.0398. The largest absolute Gasteiger partial charge is 0.471 e. The van der Waals surface area contributed by atoms with Crippen molar-refractivity contribution in [1.82, 2.24) is 15.2 Å². The van der Waals surface area contributed by atoms with Crippen LogP contribution in [0.1, 0.15) is 25.7 Å². The number of benzene rings is 1. The van der Waals surface area contributed by atoms with Crippen LogP contribution in [0.3, 0.4) is 0 Å². The molecule has 4 rings (SSSR count). The molecule has 2 aromatic rings. The number of nitrogens with zero attached hydrogens (tertiary/aromatic N) is 2. The topological polar surface area (TPSA) is 54.5 Å². The van der Waals surface area contributed by atoms with Gasteiger partial charge < -0.3 is 15.0 Å². The molecular formula is C18H21N3O2. The Labute approximate surface area is 135 Å². The van der Waals surface area contributed by atoms with Crippen molar-refractivity contribution >= 4 is 16.9 Å². The third kappa shape index (κ3) is 3.09. The first-order valence-electron chi connectivity index (χ1n) is 8.36. The molecule has 5 heteroatoms. The summed E-state index contributed by atoms with van der Waals surface area (Å²) in [6.45, 7) is 1.26. The lowest BCUT2D eigenvalue weighted by atomic mass is 10.1. The number of pyridine rings is 1. The summed E-state index contributed by atoms with van der Waals surface area (Å²) in [5, 5.41) is 4.21. The number of carbonyl (C=O) groups excluding carboxylic acids is 1. The Kier molecular flexibility index (Phi) is 3.77. The molecule has 1 aromatic carbocycles. The smallest absolute Gasteiger partial charge is 0.317 e. The molecule has 0 atom stereocenters. The van der Waals surface area contributed by atoms with E-state index in [0.29, 0.717) is 25.0 Å². The Bertz CT molecular complexity index is 706. The van der Waals surface area contributed by atoms with Gasteiger partial charge in [-0.2, -0.15) is 0 Å². The highest BCUT2D eigenvalue weighted by molar-refractivity contribution is 5.78. The van der Waals surface area contributed by atoms with Gasteiger partial charge in [-0.3, -0.25) is 0 Å². The number of rotatable bonds is 3. The maximum Gasteiger partial charge on any atom is 0.317 e. The molecule has 1 aliphatic carbocycles. The van der Waals surface area contributed by atoms with Crippen molar-refractivity contribution in [2.24, 2.45) is 0 Å². The zero-order valence-corrected chi connectivity index (χ0v) is 13.1. The number of nitrogens with one attached hydrogen (secondary N) is 1. The fourth-order valence-corrected chi connectivity index (χ4v) is 3.30. The summed E-state index contributed by atoms with van der Waals surface area (Å²) in [4.78, 5) is 18.4. The number of carbonyl (C=O) groups is 1. The van der Waals surface area contributed by atoms with E-state index in [0.717, 1.165) is 23.7 Å². The highest BCUT2D eigenvalue weighted by atomic mass is 16.5. The van der Waals surface area contributed by atoms with Gasteiger partial charge in [0.25, 0.3) is 0 Å². The van der Waals surface area contributed by atoms with Gasteiger partial charge in [0, 0.05) is 17.5 Å². The number of ether oxygens (including phenoxy) is 1. The van der Waals surface area contributed by atoms with E-state index in [1.807, 2.05) is 41.3 Å². The monoisotopic (exact) mass is 311 g/mol. The molecule has 2 heterocycles. The standard InChI is InChI=1S/C18H21N3O2/c22-18(19-14-6-2-3-7-14)21-11-15(12-21)23-17-10-9-13-5-1-4-8-16(13)20-17/h1,4-5,8-10,14-15H,2-3,6-7,11-12H2,(H,19,22). The lowest BCUT2D eigenvalue weighted by molar-refractivity contribution is 0.0407. The molecule has 1 saturated heterocycles. The van der Waals surface area contributed by atoms with Crippen LogP contribution < -0.4 is 10.1 Å². The first kappa shape index (κ1) is 14.3. The normalized spacial score (nSPS) is 18.9. The zero-order valence-electron chi connectivity index (χ0n) is 13.1. The van der Waals surface area contributed by atoms with Gasteiger partial charge in [-0.25, -0.2) is 9.78 Å². The van der Waals surface area contributed by atoms with Crippen LogP contribution in [0.2, 0.25) is 0 Å². The van der Waals surface area contributed by atoms with Crippen LogP contribution in [0.15, 0.2) is 36.4 Å². The lowest BCUT2D eigenvalue weighted by Crippen LogP contribution is -2.59. The van der Waals surface area contributed by atoms with E-state index < -0.39 is 0 Å². The fraction of sp³-hybridized carbons (Fsp3) is 0.444. The Balaban J connectivity index is 1.30. The molecule has 1 aromatic heterocycles. The molecule has 1 N–H and O–H groups in total. The van der Waals surface area contributed by atoms with Gasteiger partial charge >= 0.3 is 6.03 Å². The molecule has 1 saturated carbocycles. The van der Waals surface area contributed by atoms with Gasteiger partial charge in [0.1, 0.15) is 6.10 Å². The minimum Gasteiger partial charge on any atom is -0.471 e. The lowest BCUT2D eigenvalue weighted by Gasteiger charge is -2.39. The Morgan fingerprint density at radius 3 is 2.74 bits per heavy atom. The van der Waals surface area contributed by atoms with Crippen LogP contribution in [-0.4, -0.2) is 41.2 Å². The number of fused-ring (bicyclic) bond motifs is 1. The first-order chi connectivity index (χ1) is 11.3. The Hall–Kier alpha value is -2.30. The van der Waals surface area contributed by atoms with E-state index in [1.54, 1.807) is 0 Å². The highest BCUT2D eigenvalue weighted by Crippen LogP contribution is 2.21. The second-order valence-electron chi connectivity index (χ2n) is 6.42. The summed E-state index contributed by atoms with van der Waals surface area (Å²) in [6.07, 6.45) is 4.72. The summed E-state index contributed by atoms with van der Waals surface area (Å²) in [6, 6.07) is 12.3. The number of para-hydroxylation sites is 1. The number of hydrogen-bond donors (Lipinski definition) is 1. The summed E-state index contributed by atoms with van der Waals surface area (Å²) < 4.78 is 5.88. The van der Waals surface area contributed by atoms with Gasteiger partial charge in [0.05, 0.1) is 18.6 Å². The van der Waals surface area contributed by atoms with Crippen LogP contribution in [0.25, 0.3) is 10.9 Å². The molecule has 23 heavy (non-hydrogen) atoms. The molecule has 5 nitrogen and oxygen atoms in total. The molecule has 0 bridgehead atoms. The van der Waals surface area contributed by atoms with Gasteiger partial charge in [-0.05, 0) is 25.0 Å². The van der Waals surface area contributed by atoms with Crippen LogP contribution >= 0.6 is 0 Å². The first-order valence-corrected chi connectivity index (χ1v) is 8.36. The van der Waals surface area contributed by atoms with Gasteiger partial charge in [0.15, 0.2) is 0 Å². The van der Waals surface area contributed by atoms with Crippen molar-refractivity contribution in [2.75, 3.05) is 13.1 Å². The molecular weight excluding hydrogens is 290 g/mol. The van der Waals surface area contributed by atoms with Crippen LogP contribution in [0, 0.1) is 0 Å². The van der Waals surface area contributed by atoms with Crippen LogP contribution in [-0.2, 0) is 0 Å². The summed E-state index contributed by atoms with van der Waals surface area (Å²) in [5.74, 6) is 0.629. The Morgan fingerprint density at radius 2 is 1.91 bits per heavy atom. The highest BCUT2D eigenvalue weighted by Gasteiger charge is 2.33. The zero-order chi connectivity index (χ0) is 15.6. The summed E-state index contributed by atoms with van der Waals surface area (Å²) >= 11 is 0. The van der Waals surface area contributed by atoms with Crippen molar-refractivity contribution < 1.29 is 9.53 Å². The predicted molar refractivity (Wildman–Crippen MR) is 88.5 cm³/mol. The maximum atomic E-state index is 12.1. The Morgan fingerprint density at radius 1 is 1.13 bits per heavy atom. The predicted octanol–water partition coefficient (Wildman–Crippen LogP) is 2.95. The van der Waals surface area contributed by atoms with Gasteiger partial charge in [-0.1, -0.05) is 31.0 Å². The average molecular weight is 311 g/mol. The van der Waals surface area contributed by atoms with Crippen LogP contribution in [0.5, 0.6) is 5.88 Å². The van der Waals surface area contributed by atoms with Crippen LogP contribution in [0.4, 0.5) is 4.79 Å². The maximum absolute atomic E-state index is 12.1. The molecule has 2 aliphatic rings. The van der Waals surface area contributed by atoms with E-state index in [2.05, 4.69) is 10.3 Å². The van der Waals surface area contributed by atoms with E-state index in [9.17, 15) is 4.79 Å². The number of urea groups is 1. The molecule has 2 amide bonds. The SMILES string of the molecule is O=C(NC1CCCC1)N1CC(Oc2ccc3ccccc3n2)C1. The van der Waals surface area contributed by atoms with Crippen molar-refractivity contribution in [2.45, 2.75) is 37.8 Å². The molecule has 1 aliphatic heterocycles. The fourth-order valence-electron chi connectivity index (χ4n) is 3.30. The third-order valence-electron chi connectivity index (χ3n) is 4.68. The summed E-state index contributed by atoms with van der Waals surface area (Å²) in [7, 11) is 0. The molecule has 120 valence electrons. The van der Waals surface area contributed by atoms with Gasteiger partial charge in [0.2, 0.25) is 5.88 Å². The van der Waals surface area contributed by atoms with Crippen molar-refractivity contribution in [3.63, 3.8) is 0 Å². The number of aromatic nitrogens is 1. The average Bonchev–Trinajstić information content (AvgIpc) is 3.03. The van der Waals surface area contributed by atoms with E-state index in [1.165, 1.54) is 12.8 Å². The quantitative estimate of drug-likeness (QED) is 0.948. The van der Waals surface area contributed by atoms with E-state index >= 15 is 0 Å². The molecule has 2 fully saturated rings. The van der Waals surface area contributed by atoms with E-state index in [-0.39, 0.29) is 12.1 Å². The second-order valence-corrected chi connectivity index (χ2v) is 6.42. The van der Waals surface area contributed by atoms with Gasteiger partial charge in [-0.15, -0.1) is 0 Å². The van der Waals surface area contributed by atoms with Crippen molar-refractivity contribution in [3.8, 4) is 5.88 Å². The molecule has 0 radical (unpaired) electrons. The molecule has 0 spiro atoms. The minimum atomic E-state index is 0.0398. The van der Waals surface area contributed by atoms with Crippen molar-refractivity contribution in [3.05, 3.63) is 36.4 Å². The number of hydrogen-bond acceptors (Lipinski definition) is 3. The second kappa shape index (κ2) is 6.07. The molecule has 0 unspecified atom stereocenters. The number of amides is 2. The third-order valence-corrected chi connectivity index (χ3v) is 4.68.